The van der Waals surface area contributed by atoms with E-state index in [1.165, 1.54) is 11.1 Å². The summed E-state index contributed by atoms with van der Waals surface area (Å²) in [7, 11) is 0. The van der Waals surface area contributed by atoms with Crippen LogP contribution < -0.4 is 11.3 Å². The Balaban J connectivity index is 2.11. The van der Waals surface area contributed by atoms with Gasteiger partial charge in [0.1, 0.15) is 17.4 Å². The van der Waals surface area contributed by atoms with Crippen molar-refractivity contribution in [2.45, 2.75) is 19.9 Å². The summed E-state index contributed by atoms with van der Waals surface area (Å²) in [6.07, 6.45) is 0. The number of nitrogens with two attached hydrogens (primary N) is 1. The third-order valence-corrected chi connectivity index (χ3v) is 4.33. The normalized spacial score (nSPS) is 12.8. The number of rotatable bonds is 3. The summed E-state index contributed by atoms with van der Waals surface area (Å²) in [6.45, 7) is 4.13. The Morgan fingerprint density at radius 2 is 1.76 bits per heavy atom. The summed E-state index contributed by atoms with van der Waals surface area (Å²) in [5.74, 6) is 6.59. The number of halogens is 1. The minimum atomic E-state index is -0.188. The standard InChI is InChI=1S/C17H17BrN2O/c1-10-4-6-15-12(7-10)9-16(21-15)17(20-19)13-8-11(2)3-5-14(13)18/h3-9,17,20H,19H2,1-2H3. The van der Waals surface area contributed by atoms with Crippen LogP contribution in [0.15, 0.2) is 51.4 Å². The van der Waals surface area contributed by atoms with Gasteiger partial charge in [-0.15, -0.1) is 0 Å². The Morgan fingerprint density at radius 3 is 2.52 bits per heavy atom. The minimum absolute atomic E-state index is 0.188. The topological polar surface area (TPSA) is 51.2 Å². The molecule has 0 saturated heterocycles. The van der Waals surface area contributed by atoms with Crippen LogP contribution in [0.1, 0.15) is 28.5 Å². The van der Waals surface area contributed by atoms with Crippen molar-refractivity contribution in [2.24, 2.45) is 5.84 Å². The number of benzene rings is 2. The van der Waals surface area contributed by atoms with Crippen molar-refractivity contribution >= 4 is 26.9 Å². The second-order valence-corrected chi connectivity index (χ2v) is 6.17. The van der Waals surface area contributed by atoms with Gasteiger partial charge in [0.25, 0.3) is 0 Å². The fourth-order valence-electron chi connectivity index (χ4n) is 2.54. The van der Waals surface area contributed by atoms with Crippen molar-refractivity contribution in [3.63, 3.8) is 0 Å². The van der Waals surface area contributed by atoms with Gasteiger partial charge in [-0.25, -0.2) is 5.43 Å². The van der Waals surface area contributed by atoms with Crippen LogP contribution in [0.25, 0.3) is 11.0 Å². The van der Waals surface area contributed by atoms with Gasteiger partial charge in [-0.1, -0.05) is 45.3 Å². The van der Waals surface area contributed by atoms with Crippen LogP contribution in [-0.2, 0) is 0 Å². The van der Waals surface area contributed by atoms with Crippen LogP contribution >= 0.6 is 15.9 Å². The van der Waals surface area contributed by atoms with Crippen molar-refractivity contribution in [1.82, 2.24) is 5.43 Å². The molecule has 0 amide bonds. The first-order valence-electron chi connectivity index (χ1n) is 6.81. The van der Waals surface area contributed by atoms with Crippen LogP contribution in [-0.4, -0.2) is 0 Å². The van der Waals surface area contributed by atoms with Gasteiger partial charge in [0.2, 0.25) is 0 Å². The zero-order chi connectivity index (χ0) is 15.0. The quantitative estimate of drug-likeness (QED) is 0.548. The first-order chi connectivity index (χ1) is 10.1. The molecule has 2 aromatic carbocycles. The molecule has 0 radical (unpaired) electrons. The molecule has 3 aromatic rings. The van der Waals surface area contributed by atoms with Crippen molar-refractivity contribution in [2.75, 3.05) is 0 Å². The largest absolute Gasteiger partial charge is 0.459 e. The maximum atomic E-state index is 5.96. The highest BCUT2D eigenvalue weighted by molar-refractivity contribution is 9.10. The molecule has 3 nitrogen and oxygen atoms in total. The average molecular weight is 345 g/mol. The number of aryl methyl sites for hydroxylation is 2. The predicted molar refractivity (Wildman–Crippen MR) is 89.0 cm³/mol. The molecule has 1 heterocycles. The van der Waals surface area contributed by atoms with Crippen LogP contribution in [0.4, 0.5) is 0 Å². The Labute approximate surface area is 132 Å². The maximum absolute atomic E-state index is 5.96. The molecule has 3 N–H and O–H groups in total. The molecule has 0 aliphatic heterocycles. The third-order valence-electron chi connectivity index (χ3n) is 3.60. The second kappa shape index (κ2) is 5.64. The Bertz CT molecular complexity index is 795. The lowest BCUT2D eigenvalue weighted by molar-refractivity contribution is 0.476. The Hall–Kier alpha value is -1.62. The van der Waals surface area contributed by atoms with Crippen molar-refractivity contribution in [3.05, 3.63) is 69.4 Å². The highest BCUT2D eigenvalue weighted by Crippen LogP contribution is 2.32. The summed E-state index contributed by atoms with van der Waals surface area (Å²) in [5.41, 5.74) is 7.19. The molecule has 0 aliphatic carbocycles. The number of hydrogen-bond donors (Lipinski definition) is 2. The van der Waals surface area contributed by atoms with Crippen molar-refractivity contribution in [1.29, 1.82) is 0 Å². The van der Waals surface area contributed by atoms with Crippen LogP contribution in [0, 0.1) is 13.8 Å². The maximum Gasteiger partial charge on any atom is 0.134 e. The summed E-state index contributed by atoms with van der Waals surface area (Å²) in [5, 5.41) is 1.09. The zero-order valence-electron chi connectivity index (χ0n) is 12.0. The number of nitrogens with one attached hydrogen (secondary N) is 1. The molecule has 0 saturated carbocycles. The van der Waals surface area contributed by atoms with Gasteiger partial charge in [0.05, 0.1) is 0 Å². The van der Waals surface area contributed by atoms with Gasteiger partial charge in [0, 0.05) is 9.86 Å². The van der Waals surface area contributed by atoms with E-state index in [0.29, 0.717) is 0 Å². The monoisotopic (exact) mass is 344 g/mol. The van der Waals surface area contributed by atoms with E-state index >= 15 is 0 Å². The van der Waals surface area contributed by atoms with Crippen molar-refractivity contribution in [3.8, 4) is 0 Å². The molecule has 1 aromatic heterocycles. The van der Waals surface area contributed by atoms with Gasteiger partial charge in [-0.2, -0.15) is 0 Å². The van der Waals surface area contributed by atoms with E-state index in [4.69, 9.17) is 10.3 Å². The molecule has 1 atom stereocenters. The first kappa shape index (κ1) is 14.3. The van der Waals surface area contributed by atoms with E-state index in [0.717, 1.165) is 26.8 Å². The molecular formula is C17H17BrN2O. The SMILES string of the molecule is Cc1ccc(Br)c(C(NN)c2cc3cc(C)ccc3o2)c1. The van der Waals surface area contributed by atoms with Gasteiger partial charge in [-0.3, -0.25) is 5.84 Å². The van der Waals surface area contributed by atoms with Gasteiger partial charge < -0.3 is 4.42 Å². The third kappa shape index (κ3) is 2.75. The molecule has 0 fully saturated rings. The lowest BCUT2D eigenvalue weighted by Gasteiger charge is -2.16. The fourth-order valence-corrected chi connectivity index (χ4v) is 3.01. The lowest BCUT2D eigenvalue weighted by Crippen LogP contribution is -2.28. The Kier molecular flexibility index (Phi) is 3.85. The summed E-state index contributed by atoms with van der Waals surface area (Å²) in [4.78, 5) is 0. The average Bonchev–Trinajstić information content (AvgIpc) is 2.86. The molecule has 3 rings (SSSR count). The van der Waals surface area contributed by atoms with E-state index < -0.39 is 0 Å². The number of hydrogen-bond acceptors (Lipinski definition) is 3. The molecule has 0 spiro atoms. The smallest absolute Gasteiger partial charge is 0.134 e. The summed E-state index contributed by atoms with van der Waals surface area (Å²) < 4.78 is 6.97. The number of fused-ring (bicyclic) bond motifs is 1. The molecule has 0 aliphatic rings. The second-order valence-electron chi connectivity index (χ2n) is 5.31. The molecule has 4 heteroatoms. The lowest BCUT2D eigenvalue weighted by atomic mass is 10.0. The van der Waals surface area contributed by atoms with E-state index in [9.17, 15) is 0 Å². The fraction of sp³-hybridized carbons (Fsp3) is 0.176. The predicted octanol–water partition coefficient (Wildman–Crippen LogP) is 4.36. The van der Waals surface area contributed by atoms with E-state index in [1.54, 1.807) is 0 Å². The highest BCUT2D eigenvalue weighted by atomic mass is 79.9. The van der Waals surface area contributed by atoms with Crippen molar-refractivity contribution < 1.29 is 4.42 Å². The van der Waals surface area contributed by atoms with E-state index in [-0.39, 0.29) is 6.04 Å². The van der Waals surface area contributed by atoms with Gasteiger partial charge in [0.15, 0.2) is 0 Å². The summed E-state index contributed by atoms with van der Waals surface area (Å²) >= 11 is 3.59. The Morgan fingerprint density at radius 1 is 1.05 bits per heavy atom. The molecule has 1 unspecified atom stereocenters. The molecule has 108 valence electrons. The molecule has 0 bridgehead atoms. The molecular weight excluding hydrogens is 328 g/mol. The first-order valence-corrected chi connectivity index (χ1v) is 7.60. The molecule has 21 heavy (non-hydrogen) atoms. The van der Waals surface area contributed by atoms with E-state index in [2.05, 4.69) is 53.4 Å². The van der Waals surface area contributed by atoms with E-state index in [1.807, 2.05) is 24.3 Å². The number of hydrazine groups is 1. The zero-order valence-corrected chi connectivity index (χ0v) is 13.6. The van der Waals surface area contributed by atoms with Gasteiger partial charge in [-0.05, 0) is 43.7 Å². The summed E-state index contributed by atoms with van der Waals surface area (Å²) in [6, 6.07) is 14.2. The van der Waals surface area contributed by atoms with Crippen LogP contribution in [0.2, 0.25) is 0 Å². The number of furan rings is 1. The van der Waals surface area contributed by atoms with Gasteiger partial charge >= 0.3 is 0 Å². The van der Waals surface area contributed by atoms with Crippen LogP contribution in [0.5, 0.6) is 0 Å². The minimum Gasteiger partial charge on any atom is -0.459 e. The highest BCUT2D eigenvalue weighted by Gasteiger charge is 2.19. The van der Waals surface area contributed by atoms with Crippen LogP contribution in [0.3, 0.4) is 0 Å².